The van der Waals surface area contributed by atoms with Gasteiger partial charge in [0.25, 0.3) is 0 Å². The monoisotopic (exact) mass is 914 g/mol. The summed E-state index contributed by atoms with van der Waals surface area (Å²) in [5.41, 5.74) is 0. The fourth-order valence-corrected chi connectivity index (χ4v) is 14.8. The maximum absolute atomic E-state index is 7.32. The fourth-order valence-electron chi connectivity index (χ4n) is 14.8. The van der Waals surface area contributed by atoms with E-state index in [2.05, 4.69) is 0 Å². The Bertz CT molecular complexity index is 1290. The van der Waals surface area contributed by atoms with Crippen LogP contribution in [0.2, 0.25) is 0 Å². The molecule has 0 bridgehead atoms. The van der Waals surface area contributed by atoms with Gasteiger partial charge in [-0.25, -0.2) is 0 Å². The lowest BCUT2D eigenvalue weighted by molar-refractivity contribution is 3.14. The molecule has 0 spiro atoms. The summed E-state index contributed by atoms with van der Waals surface area (Å²) in [4.78, 5) is 0. The van der Waals surface area contributed by atoms with Gasteiger partial charge in [-0.15, -0.1) is 0 Å². The second kappa shape index (κ2) is 40.8. The molecule has 0 aromatic carbocycles. The summed E-state index contributed by atoms with van der Waals surface area (Å²) in [7, 11) is 291. The SMILES string of the molecule is [B][B]B([B])B(B(B([B])[B])B([B])[B])B(B(B([B])[B])B([B])[B])B(B(B(B(B([B])[B])B([B])[B])B(B([B])[B])B([B])[B])B(B(B([B])[B])B([B])[B])B(B([B])[B])B([B])[B])B(B(B(B([B])[B])B([B])[B])B(B([B])[B])B([B])[B])B(B(B([B])[B])B([B])[B])B(B([B])[B])B([B])[B]. The molecule has 249 valence electrons. The lowest BCUT2D eigenvalue weighted by Crippen LogP contribution is -3.00. The summed E-state index contributed by atoms with van der Waals surface area (Å²) in [6.07, 6.45) is -67.9. The maximum atomic E-state index is 7.32. The first-order valence-electron chi connectivity index (χ1n) is 27.3. The third-order valence-electron chi connectivity index (χ3n) is 17.6. The molecule has 0 aliphatic rings. The molecule has 83 heavy (non-hydrogen) atoms. The standard InChI is InChI=1S/B83/c1-43-64(42)75(65(44(2)3)45(4)5)80(74(62(38)39)63(40)41)83(81(76(66(46(6)7)47(8)9)67(48(10)11)49(12)13)77(68(50(14)15)51(16)17)69(52(18)19)53(20)21)82(78(70(54(22)23)55(24)25)71(56(26)27)57(28)29)79(72(58(30)31)59(32)33)73(60(34)35)61(36)37. The fraction of sp³-hybridized carbons (Fsp3) is 0. The molecule has 0 nitrogen and oxygen atoms in total. The van der Waals surface area contributed by atoms with Crippen LogP contribution < -0.4 is 0 Å². The van der Waals surface area contributed by atoms with Crippen LogP contribution in [0.5, 0.6) is 0 Å². The Balaban J connectivity index is 13.0. The van der Waals surface area contributed by atoms with Gasteiger partial charge < -0.3 is 0 Å². The van der Waals surface area contributed by atoms with Gasteiger partial charge in [0, 0.05) is 587 Å². The molecule has 0 N–H and O–H groups in total. The van der Waals surface area contributed by atoms with Crippen LogP contribution >= 0.6 is 0 Å². The first kappa shape index (κ1) is 88.4. The predicted octanol–water partition coefficient (Wildman–Crippen LogP) is -31.6. The minimum Gasteiger partial charge on any atom is 0 e. The van der Waals surface area contributed by atoms with Crippen LogP contribution in [0.4, 0.5) is 0 Å². The Morgan fingerprint density at radius 2 is 0.181 bits per heavy atom. The van der Waals surface area contributed by atoms with Gasteiger partial charge >= 0.3 is 0 Å². The van der Waals surface area contributed by atoms with E-state index in [9.17, 15) is 0 Å². The molecule has 0 aromatic heterocycles. The van der Waals surface area contributed by atoms with Crippen LogP contribution in [0.3, 0.4) is 0 Å². The zero-order chi connectivity index (χ0) is 65.8. The molecule has 0 atom stereocenters. The van der Waals surface area contributed by atoms with E-state index in [1.54, 1.807) is 0 Å². The van der Waals surface area contributed by atoms with E-state index in [1.807, 2.05) is 0 Å². The van der Waals surface area contributed by atoms with Gasteiger partial charge in [0.2, 0.25) is 0 Å². The average molecular weight is 897 g/mol. The van der Waals surface area contributed by atoms with E-state index in [1.165, 1.54) is 0 Å². The number of rotatable bonds is 40. The highest BCUT2D eigenvalue weighted by Crippen LogP contribution is 2.28. The first-order chi connectivity index (χ1) is 37.8. The van der Waals surface area contributed by atoms with Crippen LogP contribution in [-0.2, 0) is 0 Å². The molecule has 0 saturated heterocycles. The van der Waals surface area contributed by atoms with Gasteiger partial charge in [0.15, 0.2) is 0 Å². The molecule has 0 aliphatic heterocycles. The lowest BCUT2D eigenvalue weighted by Gasteiger charge is -2.62. The smallest absolute Gasteiger partial charge is 0 e. The van der Waals surface area contributed by atoms with E-state index >= 15 is 0 Å². The maximum Gasteiger partial charge on any atom is 0 e. The molecule has 0 unspecified atom stereocenters. The minimum absolute atomic E-state index is 1.03. The molecular weight excluding hydrogens is 897 g/mol. The van der Waals surface area contributed by atoms with Crippen LogP contribution in [0.25, 0.3) is 0 Å². The first-order valence-corrected chi connectivity index (χ1v) is 27.3. The molecule has 83 heteroatoms. The summed E-state index contributed by atoms with van der Waals surface area (Å²) < 4.78 is 0. The summed E-state index contributed by atoms with van der Waals surface area (Å²) in [5.74, 6) is 0. The zero-order valence-corrected chi connectivity index (χ0v) is 47.9. The van der Waals surface area contributed by atoms with Gasteiger partial charge in [-0.05, 0) is 0 Å². The van der Waals surface area contributed by atoms with E-state index in [0.29, 0.717) is 0 Å². The zero-order valence-electron chi connectivity index (χ0n) is 47.9. The quantitative estimate of drug-likeness (QED) is 0.0538. The Hall–Kier alpha value is 5.39. The van der Waals surface area contributed by atoms with E-state index in [0.717, 1.165) is 7.06 Å². The van der Waals surface area contributed by atoms with Gasteiger partial charge in [-0.1, -0.05) is 0 Å². The van der Waals surface area contributed by atoms with Crippen molar-refractivity contribution in [2.45, 2.75) is 0 Å². The van der Waals surface area contributed by atoms with Crippen LogP contribution in [0, 0.1) is 0 Å². The predicted molar refractivity (Wildman–Crippen MR) is 478 cm³/mol. The Morgan fingerprint density at radius 3 is 0.265 bits per heavy atom. The lowest BCUT2D eigenvalue weighted by atomic mass is 8.20. The molecule has 0 saturated carbocycles. The van der Waals surface area contributed by atoms with E-state index < -0.39 is 255 Å². The average Bonchev–Trinajstić information content (AvgIpc) is 3.26. The van der Waals surface area contributed by atoms with Gasteiger partial charge in [0.05, 0.1) is 0 Å². The Labute approximate surface area is 581 Å². The van der Waals surface area contributed by atoms with Crippen molar-refractivity contribution in [3.05, 3.63) is 0 Å². The third kappa shape index (κ3) is 23.9. The van der Waals surface area contributed by atoms with Crippen molar-refractivity contribution in [1.82, 2.24) is 0 Å². The van der Waals surface area contributed by atoms with Crippen molar-refractivity contribution in [1.29, 1.82) is 0 Å². The summed E-state index contributed by atoms with van der Waals surface area (Å²) >= 11 is 0. The highest BCUT2D eigenvalue weighted by atomic mass is 13.5. The second-order valence-corrected chi connectivity index (χ2v) is 23.3. The van der Waals surface area contributed by atoms with Crippen LogP contribution in [0.15, 0.2) is 0 Å². The normalized spacial score (nSPS) is 9.78. The Morgan fingerprint density at radius 1 is 0.108 bits per heavy atom. The molecule has 0 aromatic rings. The molecule has 85 radical (unpaired) electrons. The number of hydrogen-bond acceptors (Lipinski definition) is 0. The molecule has 0 rings (SSSR count). The minimum atomic E-state index is -1.97. The molecule has 0 aliphatic carbocycles. The highest BCUT2D eigenvalue weighted by Gasteiger charge is 2.66. The van der Waals surface area contributed by atoms with E-state index in [-0.39, 0.29) is 0 Å². The van der Waals surface area contributed by atoms with Gasteiger partial charge in [-0.2, -0.15) is 0 Å². The topological polar surface area (TPSA) is 0 Å². The summed E-state index contributed by atoms with van der Waals surface area (Å²) in [6.45, 7) is 0. The van der Waals surface area contributed by atoms with Crippen molar-refractivity contribution in [3.8, 4) is 0 Å². The largest absolute Gasteiger partial charge is 0 e. The Kier molecular flexibility index (Phi) is 43.5. The third-order valence-corrected chi connectivity index (χ3v) is 17.6. The van der Waals surface area contributed by atoms with Gasteiger partial charge in [0.1, 0.15) is 0 Å². The molecule has 0 heterocycles. The van der Waals surface area contributed by atoms with Crippen molar-refractivity contribution >= 4 is 587 Å². The summed E-state index contributed by atoms with van der Waals surface area (Å²) in [5, 5.41) is 0. The van der Waals surface area contributed by atoms with Crippen molar-refractivity contribution in [2.75, 3.05) is 0 Å². The highest BCUT2D eigenvalue weighted by molar-refractivity contribution is 8.42. The van der Waals surface area contributed by atoms with E-state index in [4.69, 9.17) is 325 Å². The number of hydrogen-bond donors (Lipinski definition) is 0. The second-order valence-electron chi connectivity index (χ2n) is 23.3. The van der Waals surface area contributed by atoms with Crippen LogP contribution in [0.1, 0.15) is 0 Å². The summed E-state index contributed by atoms with van der Waals surface area (Å²) in [6, 6.07) is 0. The van der Waals surface area contributed by atoms with Crippen molar-refractivity contribution in [3.63, 3.8) is 0 Å². The van der Waals surface area contributed by atoms with Crippen molar-refractivity contribution in [2.24, 2.45) is 0 Å². The molecule has 0 fully saturated rings. The molecule has 0 amide bonds. The van der Waals surface area contributed by atoms with Gasteiger partial charge in [-0.3, -0.25) is 0 Å². The van der Waals surface area contributed by atoms with Crippen molar-refractivity contribution < 1.29 is 0 Å². The van der Waals surface area contributed by atoms with Crippen LogP contribution in [-0.4, -0.2) is 587 Å². The molecular formula is B83.